The molecule has 18 heavy (non-hydrogen) atoms. The molecule has 0 saturated heterocycles. The summed E-state index contributed by atoms with van der Waals surface area (Å²) in [6.07, 6.45) is 0.103. The number of hydrogen-bond acceptors (Lipinski definition) is 5. The Morgan fingerprint density at radius 1 is 1.39 bits per heavy atom. The van der Waals surface area contributed by atoms with Crippen LogP contribution in [0.4, 0.5) is 5.69 Å². The van der Waals surface area contributed by atoms with Crippen LogP contribution in [0.25, 0.3) is 0 Å². The van der Waals surface area contributed by atoms with Crippen LogP contribution in [0.5, 0.6) is 5.75 Å². The van der Waals surface area contributed by atoms with Crippen LogP contribution in [-0.2, 0) is 10.1 Å². The average Bonchev–Trinajstić information content (AvgIpc) is 2.24. The Bertz CT molecular complexity index is 539. The highest BCUT2D eigenvalue weighted by atomic mass is 32.2. The fourth-order valence-electron chi connectivity index (χ4n) is 1.24. The van der Waals surface area contributed by atoms with E-state index in [0.717, 1.165) is 0 Å². The maximum absolute atomic E-state index is 10.8. The van der Waals surface area contributed by atoms with Gasteiger partial charge in [-0.1, -0.05) is 0 Å². The number of nitrogen functional groups attached to an aromatic ring is 1. The third kappa shape index (κ3) is 4.60. The lowest BCUT2D eigenvalue weighted by Gasteiger charge is -2.07. The van der Waals surface area contributed by atoms with Gasteiger partial charge in [0.2, 0.25) is 0 Å². The van der Waals surface area contributed by atoms with E-state index >= 15 is 0 Å². The van der Waals surface area contributed by atoms with Crippen molar-refractivity contribution in [2.24, 2.45) is 0 Å². The van der Waals surface area contributed by atoms with Crippen molar-refractivity contribution >= 4 is 21.8 Å². The fourth-order valence-corrected chi connectivity index (χ4v) is 1.72. The highest BCUT2D eigenvalue weighted by Gasteiger charge is 2.09. The highest BCUT2D eigenvalue weighted by molar-refractivity contribution is 7.85. The normalized spacial score (nSPS) is 11.2. The fraction of sp³-hybridized carbons (Fsp3) is 0.300. The van der Waals surface area contributed by atoms with Gasteiger partial charge < -0.3 is 15.6 Å². The van der Waals surface area contributed by atoms with Crippen molar-refractivity contribution < 1.29 is 27.6 Å². The standard InChI is InChI=1S/C10H13NO6S/c11-9-3-2-7(6-8(9)10(12)13)17-4-1-5-18(14,15)16/h2-3,6H,1,4-5,11H2,(H,12,13)(H,14,15,16). The van der Waals surface area contributed by atoms with Crippen LogP contribution >= 0.6 is 0 Å². The maximum Gasteiger partial charge on any atom is 0.337 e. The minimum atomic E-state index is -4.00. The highest BCUT2D eigenvalue weighted by Crippen LogP contribution is 2.19. The largest absolute Gasteiger partial charge is 0.494 e. The molecule has 7 nitrogen and oxygen atoms in total. The first kappa shape index (κ1) is 14.3. The van der Waals surface area contributed by atoms with Crippen LogP contribution in [0.1, 0.15) is 16.8 Å². The number of carboxylic acids is 1. The van der Waals surface area contributed by atoms with Crippen LogP contribution < -0.4 is 10.5 Å². The second-order valence-corrected chi connectivity index (χ2v) is 5.11. The lowest BCUT2D eigenvalue weighted by Crippen LogP contribution is -2.09. The lowest BCUT2D eigenvalue weighted by molar-refractivity contribution is 0.0697. The number of ether oxygens (including phenoxy) is 1. The zero-order chi connectivity index (χ0) is 13.8. The van der Waals surface area contributed by atoms with Gasteiger partial charge in [0.15, 0.2) is 0 Å². The molecule has 4 N–H and O–H groups in total. The summed E-state index contributed by atoms with van der Waals surface area (Å²) >= 11 is 0. The molecule has 0 aromatic heterocycles. The van der Waals surface area contributed by atoms with E-state index in [1.54, 1.807) is 0 Å². The Labute approximate surface area is 104 Å². The van der Waals surface area contributed by atoms with Crippen molar-refractivity contribution in [2.45, 2.75) is 6.42 Å². The molecule has 0 bridgehead atoms. The molecule has 8 heteroatoms. The molecule has 0 fully saturated rings. The molecule has 0 atom stereocenters. The average molecular weight is 275 g/mol. The summed E-state index contributed by atoms with van der Waals surface area (Å²) in [4.78, 5) is 10.8. The molecule has 1 aromatic carbocycles. The number of anilines is 1. The third-order valence-electron chi connectivity index (χ3n) is 2.07. The first-order valence-electron chi connectivity index (χ1n) is 5.00. The number of carboxylic acid groups (broad SMARTS) is 1. The van der Waals surface area contributed by atoms with Gasteiger partial charge in [-0.3, -0.25) is 4.55 Å². The van der Waals surface area contributed by atoms with Gasteiger partial charge in [-0.25, -0.2) is 4.79 Å². The van der Waals surface area contributed by atoms with E-state index in [0.29, 0.717) is 0 Å². The first-order valence-corrected chi connectivity index (χ1v) is 6.61. The Kier molecular flexibility index (Phi) is 4.51. The Morgan fingerprint density at radius 3 is 2.61 bits per heavy atom. The molecule has 100 valence electrons. The minimum absolute atomic E-state index is 0.0444. The van der Waals surface area contributed by atoms with E-state index in [4.69, 9.17) is 20.1 Å². The zero-order valence-corrected chi connectivity index (χ0v) is 10.2. The summed E-state index contributed by atoms with van der Waals surface area (Å²) in [6, 6.07) is 4.13. The molecule has 0 amide bonds. The maximum atomic E-state index is 10.8. The van der Waals surface area contributed by atoms with E-state index in [2.05, 4.69) is 0 Å². The van der Waals surface area contributed by atoms with Crippen molar-refractivity contribution in [1.29, 1.82) is 0 Å². The van der Waals surface area contributed by atoms with Crippen LogP contribution in [0.15, 0.2) is 18.2 Å². The van der Waals surface area contributed by atoms with Crippen molar-refractivity contribution in [2.75, 3.05) is 18.1 Å². The molecule has 0 spiro atoms. The monoisotopic (exact) mass is 275 g/mol. The molecular weight excluding hydrogens is 262 g/mol. The van der Waals surface area contributed by atoms with Gasteiger partial charge in [0, 0.05) is 5.69 Å². The molecular formula is C10H13NO6S. The minimum Gasteiger partial charge on any atom is -0.494 e. The molecule has 0 saturated carbocycles. The third-order valence-corrected chi connectivity index (χ3v) is 2.88. The summed E-state index contributed by atoms with van der Waals surface area (Å²) < 4.78 is 34.5. The molecule has 1 aromatic rings. The van der Waals surface area contributed by atoms with Crippen molar-refractivity contribution in [3.05, 3.63) is 23.8 Å². The van der Waals surface area contributed by atoms with Crippen molar-refractivity contribution in [3.8, 4) is 5.75 Å². The second kappa shape index (κ2) is 5.69. The molecule has 0 radical (unpaired) electrons. The van der Waals surface area contributed by atoms with Crippen LogP contribution in [-0.4, -0.2) is 36.4 Å². The Morgan fingerprint density at radius 2 is 2.06 bits per heavy atom. The second-order valence-electron chi connectivity index (χ2n) is 3.54. The summed E-state index contributed by atoms with van der Waals surface area (Å²) in [5.41, 5.74) is 5.49. The first-order chi connectivity index (χ1) is 8.29. The molecule has 0 aliphatic rings. The number of rotatable bonds is 6. The van der Waals surface area contributed by atoms with Gasteiger partial charge in [-0.15, -0.1) is 0 Å². The van der Waals surface area contributed by atoms with Crippen molar-refractivity contribution in [3.63, 3.8) is 0 Å². The summed E-state index contributed by atoms with van der Waals surface area (Å²) in [7, 11) is -4.00. The molecule has 0 heterocycles. The van der Waals surface area contributed by atoms with Gasteiger partial charge in [0.05, 0.1) is 17.9 Å². The van der Waals surface area contributed by atoms with Crippen molar-refractivity contribution in [1.82, 2.24) is 0 Å². The number of nitrogens with two attached hydrogens (primary N) is 1. The van der Waals surface area contributed by atoms with Gasteiger partial charge in [-0.05, 0) is 24.6 Å². The lowest BCUT2D eigenvalue weighted by atomic mass is 10.2. The van der Waals surface area contributed by atoms with E-state index in [1.165, 1.54) is 18.2 Å². The van der Waals surface area contributed by atoms with E-state index in [-0.39, 0.29) is 30.0 Å². The van der Waals surface area contributed by atoms with E-state index < -0.39 is 21.8 Å². The molecule has 0 aliphatic heterocycles. The number of hydrogen-bond donors (Lipinski definition) is 3. The summed E-state index contributed by atoms with van der Waals surface area (Å²) in [5, 5.41) is 8.82. The molecule has 0 aliphatic carbocycles. The quantitative estimate of drug-likeness (QED) is 0.394. The van der Waals surface area contributed by atoms with Crippen LogP contribution in [0.2, 0.25) is 0 Å². The van der Waals surface area contributed by atoms with E-state index in [1.807, 2.05) is 0 Å². The predicted octanol–water partition coefficient (Wildman–Crippen LogP) is 0.624. The van der Waals surface area contributed by atoms with Gasteiger partial charge in [0.25, 0.3) is 10.1 Å². The van der Waals surface area contributed by atoms with Gasteiger partial charge >= 0.3 is 5.97 Å². The van der Waals surface area contributed by atoms with Crippen LogP contribution in [0.3, 0.4) is 0 Å². The molecule has 0 unspecified atom stereocenters. The van der Waals surface area contributed by atoms with Gasteiger partial charge in [-0.2, -0.15) is 8.42 Å². The molecule has 1 rings (SSSR count). The summed E-state index contributed by atoms with van der Waals surface area (Å²) in [6.45, 7) is 0.0444. The Hall–Kier alpha value is -1.80. The predicted molar refractivity (Wildman–Crippen MR) is 64.3 cm³/mol. The van der Waals surface area contributed by atoms with Crippen LogP contribution in [0, 0.1) is 0 Å². The van der Waals surface area contributed by atoms with Gasteiger partial charge in [0.1, 0.15) is 5.75 Å². The Balaban J connectivity index is 2.58. The topological polar surface area (TPSA) is 127 Å². The summed E-state index contributed by atoms with van der Waals surface area (Å²) in [5.74, 6) is -1.30. The smallest absolute Gasteiger partial charge is 0.337 e. The van der Waals surface area contributed by atoms with E-state index in [9.17, 15) is 13.2 Å². The SMILES string of the molecule is Nc1ccc(OCCCS(=O)(=O)O)cc1C(=O)O. The number of aromatic carboxylic acids is 1. The number of carbonyl (C=O) groups is 1. The number of benzene rings is 1. The zero-order valence-electron chi connectivity index (χ0n) is 9.37.